The van der Waals surface area contributed by atoms with Gasteiger partial charge in [-0.05, 0) is 38.8 Å². The number of carboxylic acids is 1. The molecule has 0 aliphatic heterocycles. The van der Waals surface area contributed by atoms with Gasteiger partial charge in [0.2, 0.25) is 5.91 Å². The van der Waals surface area contributed by atoms with Crippen molar-refractivity contribution in [2.24, 2.45) is 5.92 Å². The Bertz CT molecular complexity index is 783. The van der Waals surface area contributed by atoms with Crippen molar-refractivity contribution in [2.45, 2.75) is 45.6 Å². The third-order valence-corrected chi connectivity index (χ3v) is 4.96. The SMILES string of the molecule is Cc1nn(-c2ccccc2)c(C)c1CC(=O)N[C@@H]1CCC[C@@H]1C(=O)O. The first-order valence-corrected chi connectivity index (χ1v) is 8.60. The fraction of sp³-hybridized carbons (Fsp3) is 0.421. The highest BCUT2D eigenvalue weighted by Gasteiger charge is 2.34. The highest BCUT2D eigenvalue weighted by atomic mass is 16.4. The Labute approximate surface area is 146 Å². The van der Waals surface area contributed by atoms with Gasteiger partial charge in [-0.1, -0.05) is 24.6 Å². The molecule has 0 unspecified atom stereocenters. The van der Waals surface area contributed by atoms with E-state index >= 15 is 0 Å². The molecule has 1 aliphatic rings. The quantitative estimate of drug-likeness (QED) is 0.875. The molecule has 0 radical (unpaired) electrons. The van der Waals surface area contributed by atoms with Crippen molar-refractivity contribution in [1.82, 2.24) is 15.1 Å². The summed E-state index contributed by atoms with van der Waals surface area (Å²) in [5.41, 5.74) is 3.60. The highest BCUT2D eigenvalue weighted by molar-refractivity contribution is 5.81. The fourth-order valence-corrected chi connectivity index (χ4v) is 3.60. The maximum Gasteiger partial charge on any atom is 0.308 e. The molecule has 6 nitrogen and oxygen atoms in total. The van der Waals surface area contributed by atoms with Gasteiger partial charge in [-0.15, -0.1) is 0 Å². The van der Waals surface area contributed by atoms with Crippen molar-refractivity contribution in [3.05, 3.63) is 47.3 Å². The zero-order valence-electron chi connectivity index (χ0n) is 14.5. The van der Waals surface area contributed by atoms with Crippen LogP contribution in [0.2, 0.25) is 0 Å². The van der Waals surface area contributed by atoms with E-state index < -0.39 is 11.9 Å². The number of aromatic nitrogens is 2. The largest absolute Gasteiger partial charge is 0.481 e. The zero-order chi connectivity index (χ0) is 18.0. The number of nitrogens with zero attached hydrogens (tertiary/aromatic N) is 2. The highest BCUT2D eigenvalue weighted by Crippen LogP contribution is 2.26. The molecule has 1 amide bonds. The minimum atomic E-state index is -0.827. The summed E-state index contributed by atoms with van der Waals surface area (Å²) in [6, 6.07) is 9.52. The van der Waals surface area contributed by atoms with Crippen LogP contribution in [0.5, 0.6) is 0 Å². The molecule has 1 aromatic heterocycles. The Hall–Kier alpha value is -2.63. The van der Waals surface area contributed by atoms with E-state index in [9.17, 15) is 14.7 Å². The third kappa shape index (κ3) is 3.57. The predicted molar refractivity (Wildman–Crippen MR) is 93.6 cm³/mol. The van der Waals surface area contributed by atoms with Crippen LogP contribution in [-0.2, 0) is 16.0 Å². The number of hydrogen-bond acceptors (Lipinski definition) is 3. The molecule has 1 heterocycles. The molecule has 1 fully saturated rings. The number of benzene rings is 1. The molecular formula is C19H23N3O3. The molecule has 6 heteroatoms. The van der Waals surface area contributed by atoms with Crippen molar-refractivity contribution in [2.75, 3.05) is 0 Å². The summed E-state index contributed by atoms with van der Waals surface area (Å²) in [4.78, 5) is 23.7. The summed E-state index contributed by atoms with van der Waals surface area (Å²) in [5.74, 6) is -1.44. The summed E-state index contributed by atoms with van der Waals surface area (Å²) in [6.07, 6.45) is 2.41. The molecule has 2 atom stereocenters. The van der Waals surface area contributed by atoms with Gasteiger partial charge in [0.25, 0.3) is 0 Å². The number of carboxylic acid groups (broad SMARTS) is 1. The van der Waals surface area contributed by atoms with E-state index in [1.807, 2.05) is 48.9 Å². The van der Waals surface area contributed by atoms with E-state index in [1.54, 1.807) is 0 Å². The second kappa shape index (κ2) is 7.09. The van der Waals surface area contributed by atoms with E-state index in [4.69, 9.17) is 0 Å². The minimum Gasteiger partial charge on any atom is -0.481 e. The number of carbonyl (C=O) groups excluding carboxylic acids is 1. The van der Waals surface area contributed by atoms with Gasteiger partial charge in [0, 0.05) is 17.3 Å². The van der Waals surface area contributed by atoms with Gasteiger partial charge in [0.15, 0.2) is 0 Å². The maximum absolute atomic E-state index is 12.4. The molecule has 2 aromatic rings. The lowest BCUT2D eigenvalue weighted by Crippen LogP contribution is -2.41. The van der Waals surface area contributed by atoms with Crippen LogP contribution >= 0.6 is 0 Å². The van der Waals surface area contributed by atoms with Crippen LogP contribution in [-0.4, -0.2) is 32.8 Å². The summed E-state index contributed by atoms with van der Waals surface area (Å²) in [7, 11) is 0. The standard InChI is InChI=1S/C19H23N3O3/c1-12-16(13(2)22(21-12)14-7-4-3-5-8-14)11-18(23)20-17-10-6-9-15(17)19(24)25/h3-5,7-8,15,17H,6,9-11H2,1-2H3,(H,20,23)(H,24,25)/t15-,17+/m0/s1. The van der Waals surface area contributed by atoms with Crippen molar-refractivity contribution in [3.8, 4) is 5.69 Å². The van der Waals surface area contributed by atoms with Crippen LogP contribution in [0.1, 0.15) is 36.2 Å². The molecule has 2 N–H and O–H groups in total. The smallest absolute Gasteiger partial charge is 0.308 e. The van der Waals surface area contributed by atoms with Gasteiger partial charge in [0.1, 0.15) is 0 Å². The van der Waals surface area contributed by atoms with E-state index in [-0.39, 0.29) is 18.4 Å². The van der Waals surface area contributed by atoms with Crippen LogP contribution in [0, 0.1) is 19.8 Å². The first-order valence-electron chi connectivity index (χ1n) is 8.60. The number of aryl methyl sites for hydroxylation is 1. The summed E-state index contributed by atoms with van der Waals surface area (Å²) in [5, 5.41) is 16.7. The first kappa shape index (κ1) is 17.2. The molecule has 3 rings (SSSR count). The molecule has 0 bridgehead atoms. The van der Waals surface area contributed by atoms with Crippen LogP contribution in [0.15, 0.2) is 30.3 Å². The first-order chi connectivity index (χ1) is 12.0. The number of amides is 1. The predicted octanol–water partition coefficient (Wildman–Crippen LogP) is 2.40. The van der Waals surface area contributed by atoms with Crippen molar-refractivity contribution in [1.29, 1.82) is 0 Å². The number of rotatable bonds is 5. The topological polar surface area (TPSA) is 84.2 Å². The van der Waals surface area contributed by atoms with Gasteiger partial charge >= 0.3 is 5.97 Å². The molecule has 1 aliphatic carbocycles. The number of hydrogen-bond donors (Lipinski definition) is 2. The molecule has 132 valence electrons. The second-order valence-corrected chi connectivity index (χ2v) is 6.62. The van der Waals surface area contributed by atoms with E-state index in [2.05, 4.69) is 10.4 Å². The van der Waals surface area contributed by atoms with Crippen LogP contribution in [0.25, 0.3) is 5.69 Å². The second-order valence-electron chi connectivity index (χ2n) is 6.62. The molecule has 1 saturated carbocycles. The van der Waals surface area contributed by atoms with Gasteiger partial charge in [-0.25, -0.2) is 4.68 Å². The Morgan fingerprint density at radius 1 is 1.24 bits per heavy atom. The zero-order valence-corrected chi connectivity index (χ0v) is 14.5. The summed E-state index contributed by atoms with van der Waals surface area (Å²) < 4.78 is 1.84. The minimum absolute atomic E-state index is 0.142. The summed E-state index contributed by atoms with van der Waals surface area (Å²) >= 11 is 0. The monoisotopic (exact) mass is 341 g/mol. The Morgan fingerprint density at radius 3 is 2.64 bits per heavy atom. The molecule has 0 spiro atoms. The fourth-order valence-electron chi connectivity index (χ4n) is 3.60. The van der Waals surface area contributed by atoms with Crippen molar-refractivity contribution >= 4 is 11.9 Å². The van der Waals surface area contributed by atoms with Crippen molar-refractivity contribution in [3.63, 3.8) is 0 Å². The van der Waals surface area contributed by atoms with Crippen molar-refractivity contribution < 1.29 is 14.7 Å². The molecule has 0 saturated heterocycles. The van der Waals surface area contributed by atoms with Crippen LogP contribution < -0.4 is 5.32 Å². The van der Waals surface area contributed by atoms with E-state index in [0.29, 0.717) is 6.42 Å². The van der Waals surface area contributed by atoms with Gasteiger partial charge in [-0.2, -0.15) is 5.10 Å². The molecular weight excluding hydrogens is 318 g/mol. The number of para-hydroxylation sites is 1. The van der Waals surface area contributed by atoms with Gasteiger partial charge in [-0.3, -0.25) is 9.59 Å². The van der Waals surface area contributed by atoms with Gasteiger partial charge in [0.05, 0.1) is 23.7 Å². The van der Waals surface area contributed by atoms with Crippen LogP contribution in [0.3, 0.4) is 0 Å². The number of aliphatic carboxylic acids is 1. The Balaban J connectivity index is 1.74. The Morgan fingerprint density at radius 2 is 1.96 bits per heavy atom. The lowest BCUT2D eigenvalue weighted by Gasteiger charge is -2.17. The lowest BCUT2D eigenvalue weighted by molar-refractivity contribution is -0.142. The summed E-state index contributed by atoms with van der Waals surface area (Å²) in [6.45, 7) is 3.84. The Kier molecular flexibility index (Phi) is 4.88. The van der Waals surface area contributed by atoms with E-state index in [1.165, 1.54) is 0 Å². The maximum atomic E-state index is 12.4. The third-order valence-electron chi connectivity index (χ3n) is 4.96. The normalized spacial score (nSPS) is 19.8. The molecule has 25 heavy (non-hydrogen) atoms. The average Bonchev–Trinajstić information content (AvgIpc) is 3.15. The van der Waals surface area contributed by atoms with E-state index in [0.717, 1.165) is 35.5 Å². The number of carbonyl (C=O) groups is 2. The van der Waals surface area contributed by atoms with Gasteiger partial charge < -0.3 is 10.4 Å². The molecule has 1 aromatic carbocycles. The lowest BCUT2D eigenvalue weighted by atomic mass is 10.0. The van der Waals surface area contributed by atoms with Crippen LogP contribution in [0.4, 0.5) is 0 Å². The number of nitrogens with one attached hydrogen (secondary N) is 1. The average molecular weight is 341 g/mol.